The van der Waals surface area contributed by atoms with E-state index in [1.165, 1.54) is 24.4 Å². The SMILES string of the molecule is COc1ccccc1[C@H](Nn1cnnc1)P(=O)(O)O. The molecule has 2 rings (SSSR count). The molecule has 0 radical (unpaired) electrons. The molecule has 0 saturated carbocycles. The Morgan fingerprint density at radius 1 is 1.32 bits per heavy atom. The Bertz CT molecular complexity index is 583. The van der Waals surface area contributed by atoms with Crippen LogP contribution in [0.15, 0.2) is 36.9 Å². The van der Waals surface area contributed by atoms with Gasteiger partial charge in [-0.1, -0.05) is 18.2 Å². The van der Waals surface area contributed by atoms with Crippen molar-refractivity contribution in [2.24, 2.45) is 0 Å². The van der Waals surface area contributed by atoms with Crippen molar-refractivity contribution in [3.05, 3.63) is 42.5 Å². The van der Waals surface area contributed by atoms with Crippen LogP contribution in [-0.2, 0) is 4.57 Å². The molecule has 0 saturated heterocycles. The molecule has 0 bridgehead atoms. The fourth-order valence-corrected chi connectivity index (χ4v) is 2.49. The van der Waals surface area contributed by atoms with Gasteiger partial charge in [-0.3, -0.25) is 4.57 Å². The van der Waals surface area contributed by atoms with Crippen molar-refractivity contribution < 1.29 is 19.1 Å². The van der Waals surface area contributed by atoms with E-state index >= 15 is 0 Å². The molecule has 1 heterocycles. The second-order valence-electron chi connectivity index (χ2n) is 3.73. The number of aromatic nitrogens is 3. The van der Waals surface area contributed by atoms with E-state index in [0.29, 0.717) is 11.3 Å². The largest absolute Gasteiger partial charge is 0.496 e. The van der Waals surface area contributed by atoms with Gasteiger partial charge in [0.05, 0.1) is 7.11 Å². The minimum atomic E-state index is -4.45. The van der Waals surface area contributed by atoms with Crippen molar-refractivity contribution in [3.8, 4) is 5.75 Å². The lowest BCUT2D eigenvalue weighted by Crippen LogP contribution is -2.20. The first kappa shape index (κ1) is 13.5. The number of hydrogen-bond donors (Lipinski definition) is 3. The zero-order chi connectivity index (χ0) is 13.9. The predicted octanol–water partition coefficient (Wildman–Crippen LogP) is 0.707. The van der Waals surface area contributed by atoms with E-state index in [0.717, 1.165) is 0 Å². The maximum Gasteiger partial charge on any atom is 0.353 e. The second kappa shape index (κ2) is 5.40. The van der Waals surface area contributed by atoms with Crippen molar-refractivity contribution in [2.75, 3.05) is 12.5 Å². The van der Waals surface area contributed by atoms with E-state index in [1.54, 1.807) is 24.3 Å². The van der Waals surface area contributed by atoms with Crippen LogP contribution in [0.25, 0.3) is 0 Å². The average molecular weight is 284 g/mol. The number of rotatable bonds is 5. The Balaban J connectivity index is 2.40. The lowest BCUT2D eigenvalue weighted by Gasteiger charge is -2.22. The topological polar surface area (TPSA) is 110 Å². The van der Waals surface area contributed by atoms with Crippen LogP contribution >= 0.6 is 7.60 Å². The van der Waals surface area contributed by atoms with Crippen LogP contribution in [0, 0.1) is 0 Å². The highest BCUT2D eigenvalue weighted by atomic mass is 31.2. The Morgan fingerprint density at radius 3 is 2.53 bits per heavy atom. The normalized spacial score (nSPS) is 13.0. The molecule has 0 aliphatic heterocycles. The van der Waals surface area contributed by atoms with Crippen molar-refractivity contribution in [1.82, 2.24) is 14.9 Å². The summed E-state index contributed by atoms with van der Waals surface area (Å²) in [5.41, 5.74) is 2.99. The van der Waals surface area contributed by atoms with E-state index in [9.17, 15) is 14.4 Å². The average Bonchev–Trinajstić information content (AvgIpc) is 2.87. The summed E-state index contributed by atoms with van der Waals surface area (Å²) in [5.74, 6) is -0.865. The summed E-state index contributed by atoms with van der Waals surface area (Å²) in [4.78, 5) is 19.0. The molecule has 0 unspecified atom stereocenters. The van der Waals surface area contributed by atoms with Gasteiger partial charge in [-0.2, -0.15) is 0 Å². The van der Waals surface area contributed by atoms with Crippen LogP contribution in [0.4, 0.5) is 0 Å². The molecule has 1 atom stereocenters. The van der Waals surface area contributed by atoms with Crippen LogP contribution < -0.4 is 10.2 Å². The minimum Gasteiger partial charge on any atom is -0.496 e. The van der Waals surface area contributed by atoms with Crippen LogP contribution in [0.1, 0.15) is 11.3 Å². The first-order valence-electron chi connectivity index (χ1n) is 5.31. The zero-order valence-corrected chi connectivity index (χ0v) is 10.9. The summed E-state index contributed by atoms with van der Waals surface area (Å²) < 4.78 is 18.0. The first-order valence-corrected chi connectivity index (χ1v) is 7.00. The van der Waals surface area contributed by atoms with Gasteiger partial charge in [0.1, 0.15) is 18.4 Å². The molecule has 0 aliphatic rings. The van der Waals surface area contributed by atoms with Gasteiger partial charge in [-0.25, -0.2) is 4.68 Å². The monoisotopic (exact) mass is 284 g/mol. The van der Waals surface area contributed by atoms with E-state index in [2.05, 4.69) is 15.6 Å². The van der Waals surface area contributed by atoms with Gasteiger partial charge in [0.25, 0.3) is 0 Å². The second-order valence-corrected chi connectivity index (χ2v) is 5.43. The van der Waals surface area contributed by atoms with Gasteiger partial charge in [-0.05, 0) is 6.07 Å². The van der Waals surface area contributed by atoms with Crippen molar-refractivity contribution >= 4 is 7.60 Å². The molecular weight excluding hydrogens is 271 g/mol. The van der Waals surface area contributed by atoms with Crippen LogP contribution in [0.3, 0.4) is 0 Å². The van der Waals surface area contributed by atoms with Crippen molar-refractivity contribution in [2.45, 2.75) is 5.78 Å². The third kappa shape index (κ3) is 3.11. The van der Waals surface area contributed by atoms with E-state index in [4.69, 9.17) is 4.74 Å². The Kier molecular flexibility index (Phi) is 3.84. The highest BCUT2D eigenvalue weighted by Gasteiger charge is 2.33. The molecule has 9 heteroatoms. The van der Waals surface area contributed by atoms with Crippen LogP contribution in [-0.4, -0.2) is 31.8 Å². The molecule has 0 aliphatic carbocycles. The molecule has 19 heavy (non-hydrogen) atoms. The summed E-state index contributed by atoms with van der Waals surface area (Å²) in [5, 5.41) is 7.12. The van der Waals surface area contributed by atoms with Crippen molar-refractivity contribution in [1.29, 1.82) is 0 Å². The fraction of sp³-hybridized carbons (Fsp3) is 0.200. The number of ether oxygens (including phenoxy) is 1. The molecule has 1 aromatic heterocycles. The van der Waals surface area contributed by atoms with E-state index in [-0.39, 0.29) is 0 Å². The van der Waals surface area contributed by atoms with E-state index in [1.807, 2.05) is 0 Å². The summed E-state index contributed by atoms with van der Waals surface area (Å²) in [7, 11) is -3.01. The van der Waals surface area contributed by atoms with Gasteiger partial charge >= 0.3 is 7.60 Å². The Morgan fingerprint density at radius 2 is 1.95 bits per heavy atom. The number of hydrogen-bond acceptors (Lipinski definition) is 5. The number of nitrogens with one attached hydrogen (secondary N) is 1. The lowest BCUT2D eigenvalue weighted by atomic mass is 10.2. The Labute approximate surface area is 109 Å². The van der Waals surface area contributed by atoms with Gasteiger partial charge in [0.15, 0.2) is 5.78 Å². The van der Waals surface area contributed by atoms with Crippen LogP contribution in [0.2, 0.25) is 0 Å². The summed E-state index contributed by atoms with van der Waals surface area (Å²) in [6.45, 7) is 0. The number of methoxy groups -OCH3 is 1. The first-order chi connectivity index (χ1) is 9.02. The maximum absolute atomic E-state index is 11.6. The van der Waals surface area contributed by atoms with Crippen LogP contribution in [0.5, 0.6) is 5.75 Å². The molecule has 0 fully saturated rings. The van der Waals surface area contributed by atoms with Gasteiger partial charge in [-0.15, -0.1) is 10.2 Å². The molecule has 1 aromatic carbocycles. The molecule has 0 amide bonds. The summed E-state index contributed by atoms with van der Waals surface area (Å²) in [6, 6.07) is 6.61. The molecule has 0 spiro atoms. The number of para-hydroxylation sites is 1. The predicted molar refractivity (Wildman–Crippen MR) is 67.2 cm³/mol. The molecule has 2 aromatic rings. The summed E-state index contributed by atoms with van der Waals surface area (Å²) in [6.07, 6.45) is 2.61. The fourth-order valence-electron chi connectivity index (χ4n) is 1.63. The molecule has 102 valence electrons. The van der Waals surface area contributed by atoms with Gasteiger partial charge in [0, 0.05) is 5.56 Å². The third-order valence-corrected chi connectivity index (χ3v) is 3.53. The maximum atomic E-state index is 11.6. The van der Waals surface area contributed by atoms with E-state index < -0.39 is 13.4 Å². The Hall–Kier alpha value is -1.89. The van der Waals surface area contributed by atoms with Gasteiger partial charge < -0.3 is 19.9 Å². The highest BCUT2D eigenvalue weighted by molar-refractivity contribution is 7.52. The quantitative estimate of drug-likeness (QED) is 0.693. The molecule has 8 nitrogen and oxygen atoms in total. The molecule has 3 N–H and O–H groups in total. The number of benzene rings is 1. The highest BCUT2D eigenvalue weighted by Crippen LogP contribution is 2.52. The number of nitrogens with zero attached hydrogens (tertiary/aromatic N) is 3. The standard InChI is InChI=1S/C10H13N4O4P/c1-18-9-5-3-2-4-8(9)10(19(15,16)17)13-14-6-11-12-7-14/h2-7,10,13H,1H3,(H2,15,16,17)/t10-/m1/s1. The third-order valence-electron chi connectivity index (χ3n) is 2.46. The van der Waals surface area contributed by atoms with Gasteiger partial charge in [0.2, 0.25) is 0 Å². The smallest absolute Gasteiger partial charge is 0.353 e. The summed E-state index contributed by atoms with van der Waals surface area (Å²) >= 11 is 0. The molecular formula is C10H13N4O4P. The minimum absolute atomic E-state index is 0.354. The lowest BCUT2D eigenvalue weighted by molar-refractivity contribution is 0.355. The zero-order valence-electron chi connectivity index (χ0n) is 10.0. The van der Waals surface area contributed by atoms with Crippen molar-refractivity contribution in [3.63, 3.8) is 0 Å².